The van der Waals surface area contributed by atoms with Gasteiger partial charge in [0.15, 0.2) is 0 Å². The summed E-state index contributed by atoms with van der Waals surface area (Å²) in [7, 11) is 1.41. The summed E-state index contributed by atoms with van der Waals surface area (Å²) in [4.78, 5) is 11.7. The van der Waals surface area contributed by atoms with Crippen LogP contribution in [0.2, 0.25) is 0 Å². The molecule has 1 aromatic carbocycles. The Morgan fingerprint density at radius 3 is 2.47 bits per heavy atom. The molecule has 4 nitrogen and oxygen atoms in total. The SMILES string of the molecule is COC(=O)C1(Nc2ccc(C#N)cc2)CCC1. The van der Waals surface area contributed by atoms with Crippen LogP contribution in [0.15, 0.2) is 24.3 Å². The van der Waals surface area contributed by atoms with Gasteiger partial charge in [0.2, 0.25) is 0 Å². The summed E-state index contributed by atoms with van der Waals surface area (Å²) in [6.45, 7) is 0. The number of carbonyl (C=O) groups excluding carboxylic acids is 1. The summed E-state index contributed by atoms with van der Waals surface area (Å²) in [6, 6.07) is 9.13. The third kappa shape index (κ3) is 2.09. The molecule has 1 saturated carbocycles. The number of nitriles is 1. The number of ether oxygens (including phenoxy) is 1. The summed E-state index contributed by atoms with van der Waals surface area (Å²) in [5.74, 6) is -0.215. The Hall–Kier alpha value is -2.02. The molecular formula is C13H14N2O2. The second-order valence-electron chi connectivity index (χ2n) is 4.24. The molecule has 17 heavy (non-hydrogen) atoms. The fourth-order valence-electron chi connectivity index (χ4n) is 2.01. The Balaban J connectivity index is 2.13. The van der Waals surface area contributed by atoms with E-state index in [1.165, 1.54) is 7.11 Å². The summed E-state index contributed by atoms with van der Waals surface area (Å²) in [6.07, 6.45) is 2.61. The normalized spacial score (nSPS) is 16.5. The number of rotatable bonds is 3. The van der Waals surface area contributed by atoms with E-state index in [1.54, 1.807) is 12.1 Å². The molecule has 0 unspecified atom stereocenters. The zero-order chi connectivity index (χ0) is 12.3. The van der Waals surface area contributed by atoms with Crippen LogP contribution in [0.25, 0.3) is 0 Å². The Kier molecular flexibility index (Phi) is 3.01. The number of anilines is 1. The third-order valence-corrected chi connectivity index (χ3v) is 3.18. The highest BCUT2D eigenvalue weighted by Gasteiger charge is 2.45. The first-order valence-corrected chi connectivity index (χ1v) is 5.57. The van der Waals surface area contributed by atoms with E-state index >= 15 is 0 Å². The zero-order valence-corrected chi connectivity index (χ0v) is 9.69. The topological polar surface area (TPSA) is 62.1 Å². The summed E-state index contributed by atoms with van der Waals surface area (Å²) in [5.41, 5.74) is 0.883. The molecule has 0 atom stereocenters. The maximum Gasteiger partial charge on any atom is 0.331 e. The molecule has 1 fully saturated rings. The predicted octanol–water partition coefficient (Wildman–Crippen LogP) is 2.07. The molecular weight excluding hydrogens is 216 g/mol. The number of hydrogen-bond acceptors (Lipinski definition) is 4. The molecule has 0 saturated heterocycles. The van der Waals surface area contributed by atoms with Gasteiger partial charge < -0.3 is 10.1 Å². The van der Waals surface area contributed by atoms with Gasteiger partial charge >= 0.3 is 5.97 Å². The minimum Gasteiger partial charge on any atom is -0.467 e. The molecule has 0 aliphatic heterocycles. The molecule has 1 aromatic rings. The van der Waals surface area contributed by atoms with Crippen LogP contribution in [0.4, 0.5) is 5.69 Å². The van der Waals surface area contributed by atoms with Gasteiger partial charge in [-0.2, -0.15) is 5.26 Å². The van der Waals surface area contributed by atoms with Gasteiger partial charge in [-0.1, -0.05) is 0 Å². The molecule has 1 aliphatic rings. The largest absolute Gasteiger partial charge is 0.467 e. The van der Waals surface area contributed by atoms with Crippen molar-refractivity contribution in [3.8, 4) is 6.07 Å². The number of carbonyl (C=O) groups is 1. The van der Waals surface area contributed by atoms with E-state index in [0.29, 0.717) is 5.56 Å². The molecule has 0 amide bonds. The number of nitrogens with one attached hydrogen (secondary N) is 1. The zero-order valence-electron chi connectivity index (χ0n) is 9.69. The highest BCUT2D eigenvalue weighted by atomic mass is 16.5. The molecule has 2 rings (SSSR count). The maximum atomic E-state index is 11.7. The van der Waals surface area contributed by atoms with Crippen LogP contribution in [0, 0.1) is 11.3 Å². The fourth-order valence-corrected chi connectivity index (χ4v) is 2.01. The van der Waals surface area contributed by atoms with Crippen molar-refractivity contribution in [1.82, 2.24) is 0 Å². The number of nitrogens with zero attached hydrogens (tertiary/aromatic N) is 1. The molecule has 4 heteroatoms. The first-order valence-electron chi connectivity index (χ1n) is 5.57. The highest BCUT2D eigenvalue weighted by molar-refractivity contribution is 5.85. The van der Waals surface area contributed by atoms with Crippen molar-refractivity contribution in [2.75, 3.05) is 12.4 Å². The van der Waals surface area contributed by atoms with Crippen molar-refractivity contribution in [2.24, 2.45) is 0 Å². The first kappa shape index (κ1) is 11.5. The standard InChI is InChI=1S/C13H14N2O2/c1-17-12(16)13(7-2-8-13)15-11-5-3-10(9-14)4-6-11/h3-6,15H,2,7-8H2,1H3. The number of hydrogen-bond donors (Lipinski definition) is 1. The Labute approximate surface area is 100 Å². The van der Waals surface area contributed by atoms with Crippen molar-refractivity contribution in [1.29, 1.82) is 5.26 Å². The Bertz CT molecular complexity index is 455. The minimum absolute atomic E-state index is 0.215. The average molecular weight is 230 g/mol. The van der Waals surface area contributed by atoms with Gasteiger partial charge in [-0.25, -0.2) is 4.79 Å². The van der Waals surface area contributed by atoms with Crippen LogP contribution >= 0.6 is 0 Å². The van der Waals surface area contributed by atoms with E-state index in [-0.39, 0.29) is 5.97 Å². The summed E-state index contributed by atoms with van der Waals surface area (Å²) >= 11 is 0. The average Bonchev–Trinajstić information content (AvgIpc) is 2.33. The van der Waals surface area contributed by atoms with Crippen LogP contribution in [-0.4, -0.2) is 18.6 Å². The van der Waals surface area contributed by atoms with Crippen LogP contribution in [0.1, 0.15) is 24.8 Å². The van der Waals surface area contributed by atoms with Crippen molar-refractivity contribution in [3.05, 3.63) is 29.8 Å². The minimum atomic E-state index is -0.567. The van der Waals surface area contributed by atoms with Crippen molar-refractivity contribution in [3.63, 3.8) is 0 Å². The lowest BCUT2D eigenvalue weighted by Gasteiger charge is -2.40. The Morgan fingerprint density at radius 1 is 1.41 bits per heavy atom. The summed E-state index contributed by atoms with van der Waals surface area (Å²) < 4.78 is 4.82. The molecule has 0 spiro atoms. The van der Waals surface area contributed by atoms with Crippen LogP contribution in [-0.2, 0) is 9.53 Å². The van der Waals surface area contributed by atoms with Gasteiger partial charge in [-0.05, 0) is 43.5 Å². The van der Waals surface area contributed by atoms with Gasteiger partial charge in [-0.3, -0.25) is 0 Å². The van der Waals surface area contributed by atoms with E-state index in [0.717, 1.165) is 24.9 Å². The second kappa shape index (κ2) is 4.46. The molecule has 88 valence electrons. The van der Waals surface area contributed by atoms with Crippen molar-refractivity contribution < 1.29 is 9.53 Å². The highest BCUT2D eigenvalue weighted by Crippen LogP contribution is 2.36. The van der Waals surface area contributed by atoms with Crippen LogP contribution in [0.5, 0.6) is 0 Å². The van der Waals surface area contributed by atoms with Gasteiger partial charge in [0, 0.05) is 5.69 Å². The first-order chi connectivity index (χ1) is 8.20. The number of esters is 1. The maximum absolute atomic E-state index is 11.7. The lowest BCUT2D eigenvalue weighted by Crippen LogP contribution is -2.52. The van der Waals surface area contributed by atoms with E-state index in [1.807, 2.05) is 12.1 Å². The lowest BCUT2D eigenvalue weighted by atomic mass is 9.76. The van der Waals surface area contributed by atoms with Crippen molar-refractivity contribution in [2.45, 2.75) is 24.8 Å². The summed E-state index contributed by atoms with van der Waals surface area (Å²) in [5, 5.41) is 11.9. The molecule has 0 radical (unpaired) electrons. The molecule has 1 aliphatic carbocycles. The second-order valence-corrected chi connectivity index (χ2v) is 4.24. The lowest BCUT2D eigenvalue weighted by molar-refractivity contribution is -0.149. The quantitative estimate of drug-likeness (QED) is 0.807. The third-order valence-electron chi connectivity index (χ3n) is 3.18. The predicted molar refractivity (Wildman–Crippen MR) is 63.4 cm³/mol. The van der Waals surface area contributed by atoms with Crippen molar-refractivity contribution >= 4 is 11.7 Å². The molecule has 0 aromatic heterocycles. The van der Waals surface area contributed by atoms with Gasteiger partial charge in [0.1, 0.15) is 5.54 Å². The smallest absolute Gasteiger partial charge is 0.331 e. The fraction of sp³-hybridized carbons (Fsp3) is 0.385. The number of methoxy groups -OCH3 is 1. The van der Waals surface area contributed by atoms with E-state index in [4.69, 9.17) is 10.00 Å². The Morgan fingerprint density at radius 2 is 2.06 bits per heavy atom. The van der Waals surface area contributed by atoms with E-state index < -0.39 is 5.54 Å². The van der Waals surface area contributed by atoms with Crippen LogP contribution in [0.3, 0.4) is 0 Å². The van der Waals surface area contributed by atoms with Gasteiger partial charge in [-0.15, -0.1) is 0 Å². The monoisotopic (exact) mass is 230 g/mol. The molecule has 0 bridgehead atoms. The van der Waals surface area contributed by atoms with E-state index in [9.17, 15) is 4.79 Å². The van der Waals surface area contributed by atoms with Gasteiger partial charge in [0.05, 0.1) is 18.7 Å². The van der Waals surface area contributed by atoms with Gasteiger partial charge in [0.25, 0.3) is 0 Å². The molecule has 0 heterocycles. The van der Waals surface area contributed by atoms with E-state index in [2.05, 4.69) is 11.4 Å². The van der Waals surface area contributed by atoms with Crippen LogP contribution < -0.4 is 5.32 Å². The number of benzene rings is 1. The molecule has 1 N–H and O–H groups in total.